The Labute approximate surface area is 85.5 Å². The first-order valence-corrected chi connectivity index (χ1v) is 4.43. The lowest BCUT2D eigenvalue weighted by Crippen LogP contribution is -2.62. The number of hydrogen-bond donors (Lipinski definition) is 5. The second-order valence-corrected chi connectivity index (χ2v) is 3.64. The van der Waals surface area contributed by atoms with Crippen LogP contribution in [0.1, 0.15) is 6.42 Å². The monoisotopic (exact) mass is 222 g/mol. The summed E-state index contributed by atoms with van der Waals surface area (Å²) >= 11 is 0. The Kier molecular flexibility index (Phi) is 3.63. The summed E-state index contributed by atoms with van der Waals surface area (Å²) in [6.07, 6.45) is -4.90. The third kappa shape index (κ3) is 2.44. The number of ether oxygens (including phenoxy) is 1. The van der Waals surface area contributed by atoms with Crippen molar-refractivity contribution in [2.75, 3.05) is 13.2 Å². The third-order valence-electron chi connectivity index (χ3n) is 2.44. The maximum Gasteiger partial charge on any atom is 0.306 e. The molecule has 0 aromatic rings. The van der Waals surface area contributed by atoms with Gasteiger partial charge in [-0.1, -0.05) is 0 Å². The molecule has 7 nitrogen and oxygen atoms in total. The highest BCUT2D eigenvalue weighted by molar-refractivity contribution is 5.68. The molecular formula is C8H14O7. The minimum Gasteiger partial charge on any atom is -0.481 e. The van der Waals surface area contributed by atoms with Gasteiger partial charge in [0.2, 0.25) is 0 Å². The van der Waals surface area contributed by atoms with Crippen molar-refractivity contribution >= 4 is 5.97 Å². The normalized spacial score (nSPS) is 41.5. The zero-order valence-electron chi connectivity index (χ0n) is 7.91. The molecule has 1 heterocycles. The molecule has 1 rings (SSSR count). The first-order valence-electron chi connectivity index (χ1n) is 4.43. The van der Waals surface area contributed by atoms with Crippen LogP contribution in [-0.2, 0) is 9.53 Å². The number of rotatable bonds is 3. The molecule has 0 radical (unpaired) electrons. The molecule has 0 saturated carbocycles. The van der Waals surface area contributed by atoms with Gasteiger partial charge in [0.1, 0.15) is 23.9 Å². The largest absolute Gasteiger partial charge is 0.481 e. The predicted octanol–water partition coefficient (Wildman–Crippen LogP) is -2.69. The highest BCUT2D eigenvalue weighted by atomic mass is 16.5. The van der Waals surface area contributed by atoms with Crippen molar-refractivity contribution in [3.05, 3.63) is 0 Å². The van der Waals surface area contributed by atoms with Crippen molar-refractivity contribution in [2.45, 2.75) is 30.3 Å². The first kappa shape index (κ1) is 12.3. The fourth-order valence-corrected chi connectivity index (χ4v) is 1.53. The SMILES string of the molecule is O=C(O)C[C@]1(O)CO[C@H](CO)[C@@H](O)[C@@H]1O. The van der Waals surface area contributed by atoms with Crippen LogP contribution < -0.4 is 0 Å². The Morgan fingerprint density at radius 2 is 2.07 bits per heavy atom. The fraction of sp³-hybridized carbons (Fsp3) is 0.875. The zero-order chi connectivity index (χ0) is 11.6. The summed E-state index contributed by atoms with van der Waals surface area (Å²) < 4.78 is 4.85. The molecule has 0 aromatic carbocycles. The first-order chi connectivity index (χ1) is 6.90. The minimum atomic E-state index is -2.02. The van der Waals surface area contributed by atoms with Gasteiger partial charge in [-0.3, -0.25) is 4.79 Å². The Morgan fingerprint density at radius 1 is 1.47 bits per heavy atom. The van der Waals surface area contributed by atoms with Gasteiger partial charge >= 0.3 is 5.97 Å². The van der Waals surface area contributed by atoms with Crippen LogP contribution in [0.15, 0.2) is 0 Å². The van der Waals surface area contributed by atoms with E-state index in [-0.39, 0.29) is 0 Å². The topological polar surface area (TPSA) is 127 Å². The summed E-state index contributed by atoms with van der Waals surface area (Å²) in [7, 11) is 0. The lowest BCUT2D eigenvalue weighted by atomic mass is 9.85. The molecule has 0 spiro atoms. The molecule has 0 unspecified atom stereocenters. The maximum absolute atomic E-state index is 10.4. The molecule has 7 heteroatoms. The average Bonchev–Trinajstić information content (AvgIpc) is 2.14. The molecule has 0 amide bonds. The summed E-state index contributed by atoms with van der Waals surface area (Å²) in [5.74, 6) is -1.31. The highest BCUT2D eigenvalue weighted by Crippen LogP contribution is 2.27. The molecule has 0 bridgehead atoms. The van der Waals surface area contributed by atoms with Crippen molar-refractivity contribution < 1.29 is 35.1 Å². The van der Waals surface area contributed by atoms with Gasteiger partial charge in [0.25, 0.3) is 0 Å². The molecule has 88 valence electrons. The van der Waals surface area contributed by atoms with Crippen LogP contribution in [0.2, 0.25) is 0 Å². The van der Waals surface area contributed by atoms with Crippen molar-refractivity contribution in [2.24, 2.45) is 0 Å². The smallest absolute Gasteiger partial charge is 0.306 e. The van der Waals surface area contributed by atoms with Crippen molar-refractivity contribution in [3.8, 4) is 0 Å². The van der Waals surface area contributed by atoms with E-state index in [1.54, 1.807) is 0 Å². The summed E-state index contributed by atoms with van der Waals surface area (Å²) in [4.78, 5) is 10.4. The van der Waals surface area contributed by atoms with Crippen molar-refractivity contribution in [1.29, 1.82) is 0 Å². The van der Waals surface area contributed by atoms with Crippen molar-refractivity contribution in [1.82, 2.24) is 0 Å². The standard InChI is InChI=1S/C8H14O7/c9-2-4-6(12)7(13)8(14,3-15-4)1-5(10)11/h4,6-7,9,12-14H,1-3H2,(H,10,11)/t4-,6-,7+,8+/m1/s1. The lowest BCUT2D eigenvalue weighted by molar-refractivity contribution is -0.242. The van der Waals surface area contributed by atoms with Crippen LogP contribution in [0.5, 0.6) is 0 Å². The zero-order valence-corrected chi connectivity index (χ0v) is 7.91. The number of aliphatic hydroxyl groups is 4. The highest BCUT2D eigenvalue weighted by Gasteiger charge is 2.49. The number of aliphatic carboxylic acids is 1. The van der Waals surface area contributed by atoms with E-state index in [0.29, 0.717) is 0 Å². The van der Waals surface area contributed by atoms with Crippen LogP contribution in [0.25, 0.3) is 0 Å². The van der Waals surface area contributed by atoms with E-state index in [9.17, 15) is 20.1 Å². The Bertz CT molecular complexity index is 243. The molecule has 15 heavy (non-hydrogen) atoms. The van der Waals surface area contributed by atoms with Gasteiger partial charge in [-0.05, 0) is 0 Å². The second kappa shape index (κ2) is 4.42. The van der Waals surface area contributed by atoms with E-state index in [4.69, 9.17) is 14.9 Å². The molecule has 0 aliphatic carbocycles. The maximum atomic E-state index is 10.4. The number of carbonyl (C=O) groups is 1. The van der Waals surface area contributed by atoms with Gasteiger partial charge in [-0.25, -0.2) is 0 Å². The van der Waals surface area contributed by atoms with E-state index in [0.717, 1.165) is 0 Å². The molecule has 1 saturated heterocycles. The van der Waals surface area contributed by atoms with Crippen LogP contribution in [-0.4, -0.2) is 68.6 Å². The van der Waals surface area contributed by atoms with Gasteiger partial charge in [0.15, 0.2) is 0 Å². The van der Waals surface area contributed by atoms with Crippen LogP contribution in [0.4, 0.5) is 0 Å². The lowest BCUT2D eigenvalue weighted by Gasteiger charge is -2.42. The number of carboxylic acids is 1. The van der Waals surface area contributed by atoms with Crippen LogP contribution in [0.3, 0.4) is 0 Å². The molecular weight excluding hydrogens is 208 g/mol. The average molecular weight is 222 g/mol. The quantitative estimate of drug-likeness (QED) is 0.351. The molecule has 1 aliphatic rings. The summed E-state index contributed by atoms with van der Waals surface area (Å²) in [5.41, 5.74) is -2.02. The molecule has 0 aromatic heterocycles. The molecule has 4 atom stereocenters. The van der Waals surface area contributed by atoms with E-state index < -0.39 is 49.5 Å². The third-order valence-corrected chi connectivity index (χ3v) is 2.44. The number of aliphatic hydroxyl groups excluding tert-OH is 3. The summed E-state index contributed by atoms with van der Waals surface area (Å²) in [5, 5.41) is 45.8. The Morgan fingerprint density at radius 3 is 2.53 bits per heavy atom. The Balaban J connectivity index is 2.74. The van der Waals surface area contributed by atoms with Crippen LogP contribution >= 0.6 is 0 Å². The van der Waals surface area contributed by atoms with Gasteiger partial charge in [0.05, 0.1) is 19.6 Å². The van der Waals surface area contributed by atoms with E-state index in [1.165, 1.54) is 0 Å². The molecule has 5 N–H and O–H groups in total. The fourth-order valence-electron chi connectivity index (χ4n) is 1.53. The van der Waals surface area contributed by atoms with E-state index >= 15 is 0 Å². The van der Waals surface area contributed by atoms with E-state index in [1.807, 2.05) is 0 Å². The number of hydrogen-bond acceptors (Lipinski definition) is 6. The molecule has 1 fully saturated rings. The van der Waals surface area contributed by atoms with Gasteiger partial charge in [-0.2, -0.15) is 0 Å². The van der Waals surface area contributed by atoms with Crippen molar-refractivity contribution in [3.63, 3.8) is 0 Å². The second-order valence-electron chi connectivity index (χ2n) is 3.64. The molecule has 1 aliphatic heterocycles. The predicted molar refractivity (Wildman–Crippen MR) is 46.0 cm³/mol. The van der Waals surface area contributed by atoms with Gasteiger partial charge in [-0.15, -0.1) is 0 Å². The van der Waals surface area contributed by atoms with Gasteiger partial charge in [0, 0.05) is 0 Å². The minimum absolute atomic E-state index is 0.442. The van der Waals surface area contributed by atoms with E-state index in [2.05, 4.69) is 0 Å². The summed E-state index contributed by atoms with van der Waals surface area (Å²) in [6, 6.07) is 0. The van der Waals surface area contributed by atoms with Crippen LogP contribution in [0, 0.1) is 0 Å². The number of carboxylic acid groups (broad SMARTS) is 1. The van der Waals surface area contributed by atoms with Gasteiger partial charge < -0.3 is 30.3 Å². The Hall–Kier alpha value is -0.730. The summed E-state index contributed by atoms with van der Waals surface area (Å²) in [6.45, 7) is -0.954.